The van der Waals surface area contributed by atoms with Gasteiger partial charge in [0.25, 0.3) is 5.88 Å². The highest BCUT2D eigenvalue weighted by Crippen LogP contribution is 2.24. The quantitative estimate of drug-likeness (QED) is 0.796. The van der Waals surface area contributed by atoms with Crippen molar-refractivity contribution in [1.82, 2.24) is 20.6 Å². The Labute approximate surface area is 163 Å². The zero-order valence-corrected chi connectivity index (χ0v) is 15.7. The number of ether oxygens (including phenoxy) is 2. The van der Waals surface area contributed by atoms with E-state index in [1.165, 1.54) is 12.4 Å². The number of hydrogen-bond acceptors (Lipinski definition) is 6. The van der Waals surface area contributed by atoms with Crippen LogP contribution in [0.25, 0.3) is 0 Å². The van der Waals surface area contributed by atoms with E-state index in [9.17, 15) is 4.79 Å². The predicted molar refractivity (Wildman–Crippen MR) is 102 cm³/mol. The van der Waals surface area contributed by atoms with Crippen LogP contribution in [0.3, 0.4) is 0 Å². The molecule has 0 saturated heterocycles. The molecule has 8 nitrogen and oxygen atoms in total. The molecule has 1 saturated carbocycles. The molecule has 1 heterocycles. The van der Waals surface area contributed by atoms with Gasteiger partial charge in [0.15, 0.2) is 0 Å². The summed E-state index contributed by atoms with van der Waals surface area (Å²) in [6.07, 6.45) is 6.14. The van der Waals surface area contributed by atoms with Gasteiger partial charge in [0, 0.05) is 25.0 Å². The second-order valence-electron chi connectivity index (χ2n) is 6.59. The molecule has 1 aromatic carbocycles. The Balaban J connectivity index is 1.40. The summed E-state index contributed by atoms with van der Waals surface area (Å²) in [4.78, 5) is 20.2. The van der Waals surface area contributed by atoms with Crippen LogP contribution >= 0.6 is 0 Å². The molecule has 3 rings (SSSR count). The lowest BCUT2D eigenvalue weighted by molar-refractivity contribution is 0.134. The topological polar surface area (TPSA) is 109 Å². The van der Waals surface area contributed by atoms with Gasteiger partial charge in [0.2, 0.25) is 5.69 Å². The first kappa shape index (κ1) is 19.4. The van der Waals surface area contributed by atoms with Gasteiger partial charge in [-0.25, -0.2) is 14.8 Å². The van der Waals surface area contributed by atoms with Gasteiger partial charge in [-0.2, -0.15) is 5.26 Å². The van der Waals surface area contributed by atoms with E-state index in [0.29, 0.717) is 6.54 Å². The van der Waals surface area contributed by atoms with Crippen LogP contribution in [0.4, 0.5) is 4.79 Å². The molecule has 0 bridgehead atoms. The maximum Gasteiger partial charge on any atom is 0.315 e. The number of nitriles is 1. The number of hydrogen-bond donors (Lipinski definition) is 2. The van der Waals surface area contributed by atoms with Crippen molar-refractivity contribution in [3.63, 3.8) is 0 Å². The van der Waals surface area contributed by atoms with Gasteiger partial charge in [-0.1, -0.05) is 12.1 Å². The summed E-state index contributed by atoms with van der Waals surface area (Å²) >= 11 is 0. The minimum atomic E-state index is -0.180. The summed E-state index contributed by atoms with van der Waals surface area (Å²) in [5.74, 6) is 1.06. The SMILES string of the molecule is COc1ccc(CNC(=O)NC2CCC(Oc3nccnc3C#N)CC2)cc1. The number of amides is 2. The number of urea groups is 1. The van der Waals surface area contributed by atoms with Crippen molar-refractivity contribution in [1.29, 1.82) is 5.26 Å². The van der Waals surface area contributed by atoms with Gasteiger partial charge in [0.1, 0.15) is 17.9 Å². The van der Waals surface area contributed by atoms with E-state index in [4.69, 9.17) is 14.7 Å². The molecule has 0 aliphatic heterocycles. The average Bonchev–Trinajstić information content (AvgIpc) is 2.74. The van der Waals surface area contributed by atoms with Gasteiger partial charge in [0.05, 0.1) is 7.11 Å². The van der Waals surface area contributed by atoms with E-state index in [1.807, 2.05) is 30.3 Å². The smallest absolute Gasteiger partial charge is 0.315 e. The van der Waals surface area contributed by atoms with Crippen LogP contribution in [-0.4, -0.2) is 35.3 Å². The van der Waals surface area contributed by atoms with E-state index in [0.717, 1.165) is 37.0 Å². The van der Waals surface area contributed by atoms with Crippen LogP contribution < -0.4 is 20.1 Å². The largest absolute Gasteiger partial charge is 0.497 e. The molecule has 1 fully saturated rings. The predicted octanol–water partition coefficient (Wildman–Crippen LogP) is 2.55. The van der Waals surface area contributed by atoms with Gasteiger partial charge in [-0.3, -0.25) is 0 Å². The number of nitrogens with one attached hydrogen (secondary N) is 2. The van der Waals surface area contributed by atoms with E-state index >= 15 is 0 Å². The number of rotatable bonds is 6. The number of aromatic nitrogens is 2. The number of carbonyl (C=O) groups is 1. The highest BCUT2D eigenvalue weighted by molar-refractivity contribution is 5.74. The van der Waals surface area contributed by atoms with Crippen LogP contribution in [-0.2, 0) is 6.54 Å². The van der Waals surface area contributed by atoms with Crippen LogP contribution in [0.5, 0.6) is 11.6 Å². The number of benzene rings is 1. The molecule has 0 unspecified atom stereocenters. The summed E-state index contributed by atoms with van der Waals surface area (Å²) in [6, 6.07) is 9.48. The third-order valence-corrected chi connectivity index (χ3v) is 4.67. The fraction of sp³-hybridized carbons (Fsp3) is 0.400. The van der Waals surface area contributed by atoms with E-state index in [2.05, 4.69) is 20.6 Å². The third kappa shape index (κ3) is 5.33. The first-order valence-electron chi connectivity index (χ1n) is 9.23. The highest BCUT2D eigenvalue weighted by atomic mass is 16.5. The first-order valence-corrected chi connectivity index (χ1v) is 9.23. The third-order valence-electron chi connectivity index (χ3n) is 4.67. The molecule has 146 valence electrons. The molecule has 0 radical (unpaired) electrons. The maximum absolute atomic E-state index is 12.1. The molecule has 2 amide bonds. The molecular formula is C20H23N5O3. The van der Waals surface area contributed by atoms with Crippen molar-refractivity contribution in [2.75, 3.05) is 7.11 Å². The molecule has 1 aliphatic carbocycles. The standard InChI is InChI=1S/C20H23N5O3/c1-27-16-6-2-14(3-7-16)13-24-20(26)25-15-4-8-17(9-5-15)28-19-18(12-21)22-10-11-23-19/h2-3,6-7,10-11,15,17H,4-5,8-9,13H2,1H3,(H2,24,25,26). The second kappa shape index (κ2) is 9.55. The Morgan fingerprint density at radius 3 is 2.57 bits per heavy atom. The minimum Gasteiger partial charge on any atom is -0.497 e. The van der Waals surface area contributed by atoms with Crippen LogP contribution in [0.1, 0.15) is 36.9 Å². The molecule has 28 heavy (non-hydrogen) atoms. The minimum absolute atomic E-state index is 0.0239. The fourth-order valence-corrected chi connectivity index (χ4v) is 3.13. The van der Waals surface area contributed by atoms with Crippen LogP contribution in [0.2, 0.25) is 0 Å². The monoisotopic (exact) mass is 381 g/mol. The Morgan fingerprint density at radius 1 is 1.18 bits per heavy atom. The Kier molecular flexibility index (Phi) is 6.63. The molecule has 2 aromatic rings. The fourth-order valence-electron chi connectivity index (χ4n) is 3.13. The summed E-state index contributed by atoms with van der Waals surface area (Å²) in [5.41, 5.74) is 1.20. The summed E-state index contributed by atoms with van der Waals surface area (Å²) in [7, 11) is 1.62. The number of methoxy groups -OCH3 is 1. The van der Waals surface area contributed by atoms with E-state index in [-0.39, 0.29) is 29.8 Å². The Morgan fingerprint density at radius 2 is 1.89 bits per heavy atom. The first-order chi connectivity index (χ1) is 13.7. The summed E-state index contributed by atoms with van der Waals surface area (Å²) in [5, 5.41) is 14.9. The van der Waals surface area contributed by atoms with Crippen molar-refractivity contribution in [3.8, 4) is 17.7 Å². The maximum atomic E-state index is 12.1. The lowest BCUT2D eigenvalue weighted by Crippen LogP contribution is -2.44. The molecule has 8 heteroatoms. The number of carbonyl (C=O) groups excluding carboxylic acids is 1. The summed E-state index contributed by atoms with van der Waals surface area (Å²) < 4.78 is 10.9. The van der Waals surface area contributed by atoms with Crippen molar-refractivity contribution < 1.29 is 14.3 Å². The second-order valence-corrected chi connectivity index (χ2v) is 6.59. The van der Waals surface area contributed by atoms with Crippen molar-refractivity contribution in [2.45, 2.75) is 44.4 Å². The van der Waals surface area contributed by atoms with Crippen molar-refractivity contribution in [3.05, 3.63) is 47.9 Å². The van der Waals surface area contributed by atoms with Crippen molar-refractivity contribution >= 4 is 6.03 Å². The molecule has 2 N–H and O–H groups in total. The average molecular weight is 381 g/mol. The van der Waals surface area contributed by atoms with E-state index < -0.39 is 0 Å². The summed E-state index contributed by atoms with van der Waals surface area (Å²) in [6.45, 7) is 0.456. The number of nitrogens with zero attached hydrogens (tertiary/aromatic N) is 3. The lowest BCUT2D eigenvalue weighted by Gasteiger charge is -2.29. The van der Waals surface area contributed by atoms with Gasteiger partial charge >= 0.3 is 6.03 Å². The van der Waals surface area contributed by atoms with Gasteiger partial charge in [-0.05, 0) is 43.4 Å². The van der Waals surface area contributed by atoms with Crippen LogP contribution in [0.15, 0.2) is 36.7 Å². The zero-order chi connectivity index (χ0) is 19.8. The lowest BCUT2D eigenvalue weighted by atomic mass is 9.93. The molecule has 1 aromatic heterocycles. The van der Waals surface area contributed by atoms with Crippen LogP contribution in [0, 0.1) is 11.3 Å². The van der Waals surface area contributed by atoms with Gasteiger partial charge in [-0.15, -0.1) is 0 Å². The Bertz CT molecular complexity index is 826. The molecule has 0 atom stereocenters. The molecular weight excluding hydrogens is 358 g/mol. The Hall–Kier alpha value is -3.34. The van der Waals surface area contributed by atoms with E-state index in [1.54, 1.807) is 7.11 Å². The van der Waals surface area contributed by atoms with Gasteiger partial charge < -0.3 is 20.1 Å². The molecule has 0 spiro atoms. The highest BCUT2D eigenvalue weighted by Gasteiger charge is 2.24. The zero-order valence-electron chi connectivity index (χ0n) is 15.7. The van der Waals surface area contributed by atoms with Crippen molar-refractivity contribution in [2.24, 2.45) is 0 Å². The molecule has 1 aliphatic rings. The normalized spacial score (nSPS) is 18.6.